The number of likely N-dealkylation sites (N-methyl/N-ethyl adjacent to an activating group) is 1. The minimum atomic E-state index is 0.652. The van der Waals surface area contributed by atoms with Gasteiger partial charge < -0.3 is 5.32 Å². The summed E-state index contributed by atoms with van der Waals surface area (Å²) in [6.07, 6.45) is 3.74. The second-order valence-electron chi connectivity index (χ2n) is 4.08. The Bertz CT molecular complexity index is 239. The third kappa shape index (κ3) is 3.96. The zero-order valence-corrected chi connectivity index (χ0v) is 10.9. The molecule has 1 rings (SSSR count). The van der Waals surface area contributed by atoms with Crippen LogP contribution < -0.4 is 5.32 Å². The highest BCUT2D eigenvalue weighted by molar-refractivity contribution is 7.07. The quantitative estimate of drug-likeness (QED) is 0.746. The Morgan fingerprint density at radius 2 is 2.00 bits per heavy atom. The smallest absolute Gasteiger partial charge is 0.0136 e. The molecule has 0 fully saturated rings. The molecule has 0 saturated carbocycles. The van der Waals surface area contributed by atoms with E-state index < -0.39 is 0 Å². The Morgan fingerprint density at radius 1 is 1.27 bits per heavy atom. The molecule has 1 aromatic rings. The highest BCUT2D eigenvalue weighted by atomic mass is 32.1. The van der Waals surface area contributed by atoms with E-state index in [0.717, 1.165) is 12.5 Å². The first-order valence-corrected chi connectivity index (χ1v) is 7.00. The van der Waals surface area contributed by atoms with Crippen molar-refractivity contribution in [3.05, 3.63) is 22.4 Å². The van der Waals surface area contributed by atoms with Crippen molar-refractivity contribution in [1.82, 2.24) is 5.32 Å². The Balaban J connectivity index is 2.56. The van der Waals surface area contributed by atoms with Crippen molar-refractivity contribution in [3.63, 3.8) is 0 Å². The van der Waals surface area contributed by atoms with Crippen LogP contribution in [-0.2, 0) is 6.42 Å². The van der Waals surface area contributed by atoms with E-state index in [1.165, 1.54) is 24.8 Å². The Kier molecular flexibility index (Phi) is 5.96. The molecule has 1 unspecified atom stereocenters. The molecule has 0 aliphatic heterocycles. The van der Waals surface area contributed by atoms with E-state index in [9.17, 15) is 0 Å². The van der Waals surface area contributed by atoms with Crippen molar-refractivity contribution in [1.29, 1.82) is 0 Å². The molecular weight excluding hydrogens is 202 g/mol. The molecule has 1 aromatic heterocycles. The monoisotopic (exact) mass is 225 g/mol. The van der Waals surface area contributed by atoms with E-state index in [2.05, 4.69) is 42.9 Å². The summed E-state index contributed by atoms with van der Waals surface area (Å²) in [5.41, 5.74) is 1.48. The van der Waals surface area contributed by atoms with Gasteiger partial charge in [0.1, 0.15) is 0 Å². The highest BCUT2D eigenvalue weighted by Gasteiger charge is 2.17. The summed E-state index contributed by atoms with van der Waals surface area (Å²) >= 11 is 1.80. The number of hydrogen-bond donors (Lipinski definition) is 1. The molecule has 1 heterocycles. The molecule has 0 aliphatic carbocycles. The topological polar surface area (TPSA) is 12.0 Å². The van der Waals surface area contributed by atoms with E-state index in [-0.39, 0.29) is 0 Å². The molecule has 0 spiro atoms. The highest BCUT2D eigenvalue weighted by Crippen LogP contribution is 2.18. The van der Waals surface area contributed by atoms with Crippen molar-refractivity contribution in [2.45, 2.75) is 46.1 Å². The van der Waals surface area contributed by atoms with Gasteiger partial charge in [-0.05, 0) is 41.3 Å². The van der Waals surface area contributed by atoms with E-state index in [1.54, 1.807) is 11.3 Å². The second kappa shape index (κ2) is 7.02. The molecule has 1 N–H and O–H groups in total. The van der Waals surface area contributed by atoms with Gasteiger partial charge in [0.05, 0.1) is 0 Å². The lowest BCUT2D eigenvalue weighted by Crippen LogP contribution is -2.37. The summed E-state index contributed by atoms with van der Waals surface area (Å²) in [6, 6.07) is 2.90. The van der Waals surface area contributed by atoms with Crippen molar-refractivity contribution in [2.75, 3.05) is 6.54 Å². The molecule has 1 nitrogen and oxygen atoms in total. The van der Waals surface area contributed by atoms with Crippen LogP contribution in [-0.4, -0.2) is 12.6 Å². The Labute approximate surface area is 97.9 Å². The normalized spacial score (nSPS) is 13.3. The minimum absolute atomic E-state index is 0.652. The molecule has 15 heavy (non-hydrogen) atoms. The van der Waals surface area contributed by atoms with Gasteiger partial charge >= 0.3 is 0 Å². The van der Waals surface area contributed by atoms with E-state index in [1.807, 2.05) is 0 Å². The molecule has 1 atom stereocenters. The summed E-state index contributed by atoms with van der Waals surface area (Å²) in [5, 5.41) is 8.07. The Hall–Kier alpha value is -0.340. The maximum absolute atomic E-state index is 3.63. The van der Waals surface area contributed by atoms with Crippen LogP contribution in [0.5, 0.6) is 0 Å². The van der Waals surface area contributed by atoms with Crippen LogP contribution in [0, 0.1) is 5.92 Å². The van der Waals surface area contributed by atoms with Gasteiger partial charge in [0.15, 0.2) is 0 Å². The van der Waals surface area contributed by atoms with Crippen molar-refractivity contribution in [2.24, 2.45) is 5.92 Å². The first-order chi connectivity index (χ1) is 7.31. The number of nitrogens with one attached hydrogen (secondary N) is 1. The molecule has 0 amide bonds. The molecule has 0 aromatic carbocycles. The van der Waals surface area contributed by atoms with E-state index >= 15 is 0 Å². The first-order valence-electron chi connectivity index (χ1n) is 6.06. The van der Waals surface area contributed by atoms with Crippen LogP contribution in [0.2, 0.25) is 0 Å². The fourth-order valence-electron chi connectivity index (χ4n) is 2.19. The van der Waals surface area contributed by atoms with E-state index in [4.69, 9.17) is 0 Å². The second-order valence-corrected chi connectivity index (χ2v) is 4.86. The average molecular weight is 225 g/mol. The summed E-state index contributed by atoms with van der Waals surface area (Å²) in [7, 11) is 0. The minimum Gasteiger partial charge on any atom is -0.314 e. The van der Waals surface area contributed by atoms with Crippen molar-refractivity contribution in [3.8, 4) is 0 Å². The van der Waals surface area contributed by atoms with Gasteiger partial charge in [0, 0.05) is 6.04 Å². The van der Waals surface area contributed by atoms with Gasteiger partial charge in [-0.2, -0.15) is 11.3 Å². The first kappa shape index (κ1) is 12.7. The molecule has 0 radical (unpaired) electrons. The van der Waals surface area contributed by atoms with Gasteiger partial charge in [-0.25, -0.2) is 0 Å². The lowest BCUT2D eigenvalue weighted by molar-refractivity contribution is 0.337. The average Bonchev–Trinajstić information content (AvgIpc) is 2.72. The predicted molar refractivity (Wildman–Crippen MR) is 69.6 cm³/mol. The summed E-state index contributed by atoms with van der Waals surface area (Å²) < 4.78 is 0. The standard InChI is InChI=1S/C13H23NS/c1-4-12(5-2)13(14-6-3)9-11-7-8-15-10-11/h7-8,10,12-14H,4-6,9H2,1-3H3. The van der Waals surface area contributed by atoms with Crippen LogP contribution in [0.15, 0.2) is 16.8 Å². The maximum atomic E-state index is 3.63. The van der Waals surface area contributed by atoms with Crippen LogP contribution >= 0.6 is 11.3 Å². The van der Waals surface area contributed by atoms with Gasteiger partial charge in [0.2, 0.25) is 0 Å². The molecule has 0 saturated heterocycles. The SMILES string of the molecule is CCNC(Cc1ccsc1)C(CC)CC. The Morgan fingerprint density at radius 3 is 2.47 bits per heavy atom. The van der Waals surface area contributed by atoms with Crippen molar-refractivity contribution < 1.29 is 0 Å². The third-order valence-electron chi connectivity index (χ3n) is 3.12. The lowest BCUT2D eigenvalue weighted by Gasteiger charge is -2.25. The molecule has 0 bridgehead atoms. The summed E-state index contributed by atoms with van der Waals surface area (Å²) in [4.78, 5) is 0. The fourth-order valence-corrected chi connectivity index (χ4v) is 2.87. The van der Waals surface area contributed by atoms with Crippen LogP contribution in [0.1, 0.15) is 39.2 Å². The van der Waals surface area contributed by atoms with Gasteiger partial charge in [-0.15, -0.1) is 0 Å². The molecule has 86 valence electrons. The zero-order chi connectivity index (χ0) is 11.1. The van der Waals surface area contributed by atoms with E-state index in [0.29, 0.717) is 6.04 Å². The van der Waals surface area contributed by atoms with Gasteiger partial charge in [-0.1, -0.05) is 33.6 Å². The fraction of sp³-hybridized carbons (Fsp3) is 0.692. The van der Waals surface area contributed by atoms with Gasteiger partial charge in [-0.3, -0.25) is 0 Å². The number of hydrogen-bond acceptors (Lipinski definition) is 2. The number of rotatable bonds is 7. The van der Waals surface area contributed by atoms with Crippen molar-refractivity contribution >= 4 is 11.3 Å². The molecule has 0 aliphatic rings. The molecule has 2 heteroatoms. The third-order valence-corrected chi connectivity index (χ3v) is 3.85. The molecular formula is C13H23NS. The summed E-state index contributed by atoms with van der Waals surface area (Å²) in [5.74, 6) is 0.810. The number of thiophene rings is 1. The zero-order valence-electron chi connectivity index (χ0n) is 10.1. The maximum Gasteiger partial charge on any atom is 0.0136 e. The summed E-state index contributed by atoms with van der Waals surface area (Å²) in [6.45, 7) is 7.87. The van der Waals surface area contributed by atoms with Crippen LogP contribution in [0.4, 0.5) is 0 Å². The van der Waals surface area contributed by atoms with Gasteiger partial charge in [0.25, 0.3) is 0 Å². The van der Waals surface area contributed by atoms with Crippen LogP contribution in [0.3, 0.4) is 0 Å². The lowest BCUT2D eigenvalue weighted by atomic mass is 9.90. The largest absolute Gasteiger partial charge is 0.314 e. The van der Waals surface area contributed by atoms with Crippen LogP contribution in [0.25, 0.3) is 0 Å². The predicted octanol–water partition coefficient (Wildman–Crippen LogP) is 3.70.